The maximum absolute atomic E-state index is 12.9. The van der Waals surface area contributed by atoms with E-state index in [4.69, 9.17) is 18.5 Å². The van der Waals surface area contributed by atoms with Gasteiger partial charge in [0.05, 0.1) is 27.7 Å². The minimum atomic E-state index is -4.63. The van der Waals surface area contributed by atoms with Crippen LogP contribution < -0.4 is 4.89 Å². The van der Waals surface area contributed by atoms with E-state index < -0.39 is 26.5 Å². The van der Waals surface area contributed by atoms with E-state index in [1.807, 2.05) is 21.1 Å². The first-order chi connectivity index (χ1) is 38.0. The van der Waals surface area contributed by atoms with Crippen LogP contribution in [0.4, 0.5) is 0 Å². The summed E-state index contributed by atoms with van der Waals surface area (Å²) in [6.45, 7) is 4.34. The zero-order valence-corrected chi connectivity index (χ0v) is 54.1. The molecule has 0 aliphatic carbocycles. The van der Waals surface area contributed by atoms with Crippen LogP contribution in [0.1, 0.15) is 373 Å². The summed E-state index contributed by atoms with van der Waals surface area (Å²) in [6.07, 6.45) is 71.9. The normalized spacial score (nSPS) is 13.1. The molecule has 0 amide bonds. The molecule has 466 valence electrons. The summed E-state index contributed by atoms with van der Waals surface area (Å²) < 4.78 is 34.3. The van der Waals surface area contributed by atoms with Crippen molar-refractivity contribution >= 4 is 19.8 Å². The Morgan fingerprint density at radius 1 is 0.346 bits per heavy atom. The first kappa shape index (κ1) is 77.0. The Kier molecular flexibility index (Phi) is 59.8. The van der Waals surface area contributed by atoms with Gasteiger partial charge in [-0.1, -0.05) is 348 Å². The van der Waals surface area contributed by atoms with Crippen molar-refractivity contribution in [2.24, 2.45) is 0 Å². The Morgan fingerprint density at radius 3 is 0.821 bits per heavy atom. The van der Waals surface area contributed by atoms with Gasteiger partial charge in [-0.25, -0.2) is 0 Å². The van der Waals surface area contributed by atoms with Crippen molar-refractivity contribution in [3.63, 3.8) is 0 Å². The number of quaternary nitrogens is 1. The highest BCUT2D eigenvalue weighted by molar-refractivity contribution is 7.45. The van der Waals surface area contributed by atoms with E-state index in [2.05, 4.69) is 13.8 Å². The first-order valence-corrected chi connectivity index (χ1v) is 36.2. The lowest BCUT2D eigenvalue weighted by Gasteiger charge is -2.28. The molecule has 0 aromatic rings. The molecule has 78 heavy (non-hydrogen) atoms. The number of phosphoric ester groups is 1. The largest absolute Gasteiger partial charge is 0.756 e. The van der Waals surface area contributed by atoms with E-state index in [0.717, 1.165) is 32.1 Å². The highest BCUT2D eigenvalue weighted by atomic mass is 31.2. The van der Waals surface area contributed by atoms with Crippen LogP contribution in [-0.2, 0) is 32.7 Å². The van der Waals surface area contributed by atoms with Gasteiger partial charge in [0.15, 0.2) is 6.10 Å². The minimum Gasteiger partial charge on any atom is -0.756 e. The standard InChI is InChI=1S/C68H136NO8P/c1-6-8-10-12-14-16-18-20-22-24-26-28-30-32-34-36-38-40-42-44-46-48-50-52-54-56-58-60-67(70)74-64-66(65-76-78(72,73)75-63-62-69(3,4)5)77-68(71)61-59-57-55-53-51-49-47-45-43-41-39-37-35-33-31-29-27-25-23-21-19-17-15-13-11-9-7-2/h66H,6-65H2,1-5H3. The molecule has 0 aliphatic heterocycles. The maximum Gasteiger partial charge on any atom is 0.306 e. The predicted octanol–water partition coefficient (Wildman–Crippen LogP) is 21.5. The number of ether oxygens (including phenoxy) is 2. The molecule has 0 bridgehead atoms. The summed E-state index contributed by atoms with van der Waals surface area (Å²) in [7, 11) is 1.20. The van der Waals surface area contributed by atoms with Crippen molar-refractivity contribution in [1.82, 2.24) is 0 Å². The molecule has 0 radical (unpaired) electrons. The number of phosphoric acid groups is 1. The smallest absolute Gasteiger partial charge is 0.306 e. The van der Waals surface area contributed by atoms with Gasteiger partial charge in [0.25, 0.3) is 7.82 Å². The molecule has 0 aromatic heterocycles. The molecule has 0 saturated heterocycles. The molecule has 0 saturated carbocycles. The topological polar surface area (TPSA) is 111 Å². The van der Waals surface area contributed by atoms with Gasteiger partial charge in [0.2, 0.25) is 0 Å². The van der Waals surface area contributed by atoms with Gasteiger partial charge < -0.3 is 27.9 Å². The summed E-state index contributed by atoms with van der Waals surface area (Å²) in [4.78, 5) is 38.0. The average Bonchev–Trinajstić information content (AvgIpc) is 3.41. The van der Waals surface area contributed by atoms with Crippen LogP contribution in [0.3, 0.4) is 0 Å². The fourth-order valence-electron chi connectivity index (χ4n) is 10.8. The Labute approximate surface area is 486 Å². The number of nitrogens with zero attached hydrogens (tertiary/aromatic N) is 1. The van der Waals surface area contributed by atoms with E-state index in [1.54, 1.807) is 0 Å². The van der Waals surface area contributed by atoms with Crippen molar-refractivity contribution in [3.05, 3.63) is 0 Å². The van der Waals surface area contributed by atoms with Gasteiger partial charge in [-0.3, -0.25) is 14.2 Å². The Bertz CT molecular complexity index is 1280. The lowest BCUT2D eigenvalue weighted by atomic mass is 10.0. The zero-order chi connectivity index (χ0) is 57.0. The summed E-state index contributed by atoms with van der Waals surface area (Å²) in [5.41, 5.74) is 0. The van der Waals surface area contributed by atoms with Crippen LogP contribution in [-0.4, -0.2) is 70.0 Å². The second kappa shape index (κ2) is 60.6. The molecule has 0 aromatic carbocycles. The fourth-order valence-corrected chi connectivity index (χ4v) is 11.5. The Morgan fingerprint density at radius 2 is 0.577 bits per heavy atom. The monoisotopic (exact) mass is 1130 g/mol. The maximum atomic E-state index is 12.9. The molecule has 0 aliphatic rings. The third-order valence-corrected chi connectivity index (χ3v) is 17.1. The molecule has 0 spiro atoms. The summed E-state index contributed by atoms with van der Waals surface area (Å²) in [5, 5.41) is 0. The number of likely N-dealkylation sites (N-methyl/N-ethyl adjacent to an activating group) is 1. The number of unbranched alkanes of at least 4 members (excludes halogenated alkanes) is 52. The van der Waals surface area contributed by atoms with Crippen molar-refractivity contribution < 1.29 is 42.1 Å². The van der Waals surface area contributed by atoms with Crippen molar-refractivity contribution in [2.75, 3.05) is 47.5 Å². The molecule has 9 nitrogen and oxygen atoms in total. The van der Waals surface area contributed by atoms with Gasteiger partial charge >= 0.3 is 11.9 Å². The van der Waals surface area contributed by atoms with Crippen molar-refractivity contribution in [2.45, 2.75) is 380 Å². The molecule has 0 rings (SSSR count). The molecular formula is C68H136NO8P. The van der Waals surface area contributed by atoms with E-state index in [1.165, 1.54) is 308 Å². The summed E-state index contributed by atoms with van der Waals surface area (Å²) >= 11 is 0. The lowest BCUT2D eigenvalue weighted by molar-refractivity contribution is -0.870. The average molecular weight is 1130 g/mol. The second-order valence-corrected chi connectivity index (χ2v) is 26.7. The number of esters is 2. The molecule has 2 unspecified atom stereocenters. The molecule has 0 fully saturated rings. The van der Waals surface area contributed by atoms with Gasteiger partial charge in [-0.05, 0) is 12.8 Å². The minimum absolute atomic E-state index is 0.0248. The SMILES string of the molecule is CCCCCCCCCCCCCCCCCCCCCCCCCCCCCC(=O)OCC(COP(=O)([O-])OCC[N+](C)(C)C)OC(=O)CCCCCCCCCCCCCCCCCCCCCCCCCCCCC. The Hall–Kier alpha value is -0.990. The highest BCUT2D eigenvalue weighted by Gasteiger charge is 2.22. The quantitative estimate of drug-likeness (QED) is 0.0256. The van der Waals surface area contributed by atoms with E-state index in [0.29, 0.717) is 17.4 Å². The van der Waals surface area contributed by atoms with E-state index in [9.17, 15) is 19.0 Å². The second-order valence-electron chi connectivity index (χ2n) is 25.3. The van der Waals surface area contributed by atoms with Crippen LogP contribution in [0, 0.1) is 0 Å². The van der Waals surface area contributed by atoms with Crippen molar-refractivity contribution in [3.8, 4) is 0 Å². The van der Waals surface area contributed by atoms with Crippen LogP contribution in [0.5, 0.6) is 0 Å². The van der Waals surface area contributed by atoms with Crippen LogP contribution >= 0.6 is 7.82 Å². The molecule has 0 N–H and O–H groups in total. The predicted molar refractivity (Wildman–Crippen MR) is 333 cm³/mol. The lowest BCUT2D eigenvalue weighted by Crippen LogP contribution is -2.37. The Balaban J connectivity index is 3.98. The number of rotatable bonds is 66. The van der Waals surface area contributed by atoms with Crippen LogP contribution in [0.15, 0.2) is 0 Å². The van der Waals surface area contributed by atoms with Gasteiger partial charge in [-0.2, -0.15) is 0 Å². The van der Waals surface area contributed by atoms with Gasteiger partial charge in [0, 0.05) is 12.8 Å². The number of carbonyl (C=O) groups is 2. The number of hydrogen-bond donors (Lipinski definition) is 0. The van der Waals surface area contributed by atoms with Crippen LogP contribution in [0.25, 0.3) is 0 Å². The zero-order valence-electron chi connectivity index (χ0n) is 53.2. The molecule has 10 heteroatoms. The summed E-state index contributed by atoms with van der Waals surface area (Å²) in [5.74, 6) is -0.804. The van der Waals surface area contributed by atoms with Gasteiger partial charge in [-0.15, -0.1) is 0 Å². The summed E-state index contributed by atoms with van der Waals surface area (Å²) in [6, 6.07) is 0. The number of hydrogen-bond acceptors (Lipinski definition) is 8. The first-order valence-electron chi connectivity index (χ1n) is 34.7. The molecular weight excluding hydrogens is 990 g/mol. The van der Waals surface area contributed by atoms with Crippen LogP contribution in [0.2, 0.25) is 0 Å². The third-order valence-electron chi connectivity index (χ3n) is 16.1. The number of carbonyl (C=O) groups excluding carboxylic acids is 2. The fraction of sp³-hybridized carbons (Fsp3) is 0.971. The third kappa shape index (κ3) is 64.2. The highest BCUT2D eigenvalue weighted by Crippen LogP contribution is 2.38. The molecule has 0 heterocycles. The van der Waals surface area contributed by atoms with Crippen molar-refractivity contribution in [1.29, 1.82) is 0 Å². The van der Waals surface area contributed by atoms with E-state index in [-0.39, 0.29) is 32.0 Å². The molecule has 2 atom stereocenters. The van der Waals surface area contributed by atoms with E-state index >= 15 is 0 Å². The van der Waals surface area contributed by atoms with Gasteiger partial charge in [0.1, 0.15) is 19.8 Å².